The Bertz CT molecular complexity index is 1070. The Morgan fingerprint density at radius 2 is 1.13 bits per heavy atom. The molecule has 0 N–H and O–H groups in total. The van der Waals surface area contributed by atoms with E-state index in [0.29, 0.717) is 0 Å². The van der Waals surface area contributed by atoms with E-state index in [1.807, 2.05) is 26.7 Å². The quantitative estimate of drug-likeness (QED) is 0.348. The number of hydrogen-bond acceptors (Lipinski definition) is 5. The van der Waals surface area contributed by atoms with Gasteiger partial charge in [0, 0.05) is 11.6 Å². The molecule has 1 aromatic heterocycles. The molecule has 0 spiro atoms. The Morgan fingerprint density at radius 1 is 0.633 bits per heavy atom. The van der Waals surface area contributed by atoms with Crippen molar-refractivity contribution in [2.45, 2.75) is 0 Å². The molecular formula is C23H17ClO4S2. The molecule has 4 aromatic rings. The zero-order chi connectivity index (χ0) is 21.4. The molecule has 0 unspecified atom stereocenters. The van der Waals surface area contributed by atoms with Crippen LogP contribution < -0.4 is 18.6 Å². The molecule has 0 atom stereocenters. The van der Waals surface area contributed by atoms with Crippen LogP contribution in [0.2, 0.25) is 0 Å². The maximum atomic E-state index is 8.49. The minimum atomic E-state index is -4.94. The molecule has 3 aromatic carbocycles. The summed E-state index contributed by atoms with van der Waals surface area (Å²) in [5, 5.41) is 0. The van der Waals surface area contributed by atoms with Gasteiger partial charge in [-0.05, 0) is 34.9 Å². The monoisotopic (exact) mass is 456 g/mol. The van der Waals surface area contributed by atoms with Crippen LogP contribution in [0.25, 0.3) is 33.7 Å². The Labute approximate surface area is 184 Å². The van der Waals surface area contributed by atoms with Crippen molar-refractivity contribution in [2.75, 3.05) is 0 Å². The van der Waals surface area contributed by atoms with E-state index in [2.05, 4.69) is 97.1 Å². The van der Waals surface area contributed by atoms with E-state index in [9.17, 15) is 0 Å². The van der Waals surface area contributed by atoms with E-state index in [0.717, 1.165) is 0 Å². The van der Waals surface area contributed by atoms with Crippen LogP contribution in [0, 0.1) is 10.2 Å². The predicted molar refractivity (Wildman–Crippen MR) is 113 cm³/mol. The maximum Gasteiger partial charge on any atom is 0.301 e. The topological polar surface area (TPSA) is 92.2 Å². The van der Waals surface area contributed by atoms with Crippen molar-refractivity contribution in [1.29, 1.82) is 0 Å². The van der Waals surface area contributed by atoms with E-state index in [1.54, 1.807) is 0 Å². The third-order valence-corrected chi connectivity index (χ3v) is 6.45. The van der Waals surface area contributed by atoms with Gasteiger partial charge in [-0.25, -0.2) is 18.6 Å². The van der Waals surface area contributed by atoms with E-state index in [-0.39, 0.29) is 0 Å². The Morgan fingerprint density at radius 3 is 1.70 bits per heavy atom. The van der Waals surface area contributed by atoms with Crippen LogP contribution in [-0.2, 0) is 0 Å². The summed E-state index contributed by atoms with van der Waals surface area (Å²) in [5.41, 5.74) is 5.02. The summed E-state index contributed by atoms with van der Waals surface area (Å²) in [6.07, 6.45) is 4.38. The van der Waals surface area contributed by atoms with Gasteiger partial charge in [0.05, 0.1) is 4.88 Å². The molecule has 4 rings (SSSR count). The second-order valence-electron chi connectivity index (χ2n) is 6.14. The van der Waals surface area contributed by atoms with Crippen molar-refractivity contribution in [3.63, 3.8) is 0 Å². The molecule has 0 amide bonds. The largest absolute Gasteiger partial charge is 0.301 e. The lowest BCUT2D eigenvalue weighted by Gasteiger charge is -2.17. The Balaban J connectivity index is 0.000000461. The molecule has 0 aliphatic rings. The van der Waals surface area contributed by atoms with E-state index in [4.69, 9.17) is 18.6 Å². The van der Waals surface area contributed by atoms with Crippen LogP contribution in [0.1, 0.15) is 10.4 Å². The zero-order valence-corrected chi connectivity index (χ0v) is 18.0. The molecule has 7 heteroatoms. The first kappa shape index (κ1) is 22.3. The van der Waals surface area contributed by atoms with Crippen molar-refractivity contribution in [1.82, 2.24) is 0 Å². The van der Waals surface area contributed by atoms with Crippen LogP contribution in [0.15, 0.2) is 91.0 Å². The van der Waals surface area contributed by atoms with Crippen LogP contribution >= 0.6 is 20.7 Å². The van der Waals surface area contributed by atoms with Crippen LogP contribution in [0.5, 0.6) is 0 Å². The van der Waals surface area contributed by atoms with E-state index >= 15 is 0 Å². The SMILES string of the molecule is C(=C\c1cc(-c2ccccc2)[s+]s1)/c1ccc(-c2ccccc2)cc1.[O-][Cl+3]([O-])([O-])[O-]. The van der Waals surface area contributed by atoms with Gasteiger partial charge in [0.1, 0.15) is 0 Å². The predicted octanol–water partition coefficient (Wildman–Crippen LogP) is 2.84. The van der Waals surface area contributed by atoms with Gasteiger partial charge in [0.2, 0.25) is 0 Å². The molecule has 4 nitrogen and oxygen atoms in total. The van der Waals surface area contributed by atoms with Crippen molar-refractivity contribution >= 4 is 32.8 Å². The molecule has 0 saturated carbocycles. The fraction of sp³-hybridized carbons (Fsp3) is 0. The summed E-state index contributed by atoms with van der Waals surface area (Å²) in [7, 11) is -1.30. The summed E-state index contributed by atoms with van der Waals surface area (Å²) in [4.78, 5) is 2.61. The highest BCUT2D eigenvalue weighted by molar-refractivity contribution is 7.71. The van der Waals surface area contributed by atoms with Gasteiger partial charge in [-0.2, -0.15) is 0 Å². The first-order valence-corrected chi connectivity index (χ1v) is 12.2. The van der Waals surface area contributed by atoms with Gasteiger partial charge in [-0.3, -0.25) is 0 Å². The molecule has 0 aliphatic heterocycles. The minimum absolute atomic E-state index is 1.22. The molecule has 0 radical (unpaired) electrons. The standard InChI is InChI=1S/C23H17S2.ClHO4/c1-3-7-19(8-4-1)20-14-11-18(12-15-20)13-16-22-17-23(25-24-22)21-9-5-2-6-10-21;2-1(3,4)5/h1-17H;(H,2,3,4,5)/q+1;/p-1/b16-13+;. The molecule has 0 saturated heterocycles. The van der Waals surface area contributed by atoms with Crippen LogP contribution in [0.4, 0.5) is 0 Å². The van der Waals surface area contributed by atoms with Crippen LogP contribution in [0.3, 0.4) is 0 Å². The third kappa shape index (κ3) is 7.44. The molecule has 0 bridgehead atoms. The van der Waals surface area contributed by atoms with Crippen molar-refractivity contribution in [2.24, 2.45) is 0 Å². The van der Waals surface area contributed by atoms with E-state index < -0.39 is 10.2 Å². The smallest absolute Gasteiger partial charge is 0.222 e. The maximum absolute atomic E-state index is 8.49. The number of hydrogen-bond donors (Lipinski definition) is 0. The second kappa shape index (κ2) is 10.6. The summed E-state index contributed by atoms with van der Waals surface area (Å²) in [6.45, 7) is 0. The van der Waals surface area contributed by atoms with Gasteiger partial charge in [0.25, 0.3) is 4.88 Å². The normalized spacial score (nSPS) is 11.2. The van der Waals surface area contributed by atoms with Crippen LogP contribution in [-0.4, -0.2) is 0 Å². The van der Waals surface area contributed by atoms with Gasteiger partial charge in [0.15, 0.2) is 10.3 Å². The Kier molecular flexibility index (Phi) is 7.84. The molecule has 0 aliphatic carbocycles. The summed E-state index contributed by atoms with van der Waals surface area (Å²) < 4.78 is 34.0. The summed E-state index contributed by atoms with van der Waals surface area (Å²) in [5.74, 6) is 0. The fourth-order valence-electron chi connectivity index (χ4n) is 2.68. The molecule has 0 fully saturated rings. The highest BCUT2D eigenvalue weighted by Crippen LogP contribution is 2.32. The summed E-state index contributed by atoms with van der Waals surface area (Å²) in [6, 6.07) is 32.0. The van der Waals surface area contributed by atoms with Crippen molar-refractivity contribution < 1.29 is 28.9 Å². The molecule has 152 valence electrons. The number of halogens is 1. The molecule has 30 heavy (non-hydrogen) atoms. The lowest BCUT2D eigenvalue weighted by atomic mass is 10.0. The minimum Gasteiger partial charge on any atom is -0.222 e. The van der Waals surface area contributed by atoms with Gasteiger partial charge < -0.3 is 0 Å². The fourth-order valence-corrected chi connectivity index (χ4v) is 4.94. The number of benzene rings is 3. The zero-order valence-electron chi connectivity index (χ0n) is 15.6. The number of rotatable bonds is 4. The highest BCUT2D eigenvalue weighted by atomic mass is 35.7. The first-order valence-electron chi connectivity index (χ1n) is 8.82. The lowest BCUT2D eigenvalue weighted by Crippen LogP contribution is -2.68. The van der Waals surface area contributed by atoms with Gasteiger partial charge >= 0.3 is 10.3 Å². The summed E-state index contributed by atoms with van der Waals surface area (Å²) >= 11 is 0. The van der Waals surface area contributed by atoms with Crippen molar-refractivity contribution in [3.8, 4) is 21.6 Å². The van der Waals surface area contributed by atoms with Crippen molar-refractivity contribution in [3.05, 3.63) is 101 Å². The average molecular weight is 457 g/mol. The Hall–Kier alpha value is -2.42. The van der Waals surface area contributed by atoms with Gasteiger partial charge in [-0.15, -0.1) is 10.2 Å². The first-order chi connectivity index (χ1) is 14.4. The molecular weight excluding hydrogens is 440 g/mol. The average Bonchev–Trinajstić information content (AvgIpc) is 3.22. The molecule has 1 heterocycles. The third-order valence-electron chi connectivity index (χ3n) is 4.02. The van der Waals surface area contributed by atoms with E-state index in [1.165, 1.54) is 32.0 Å². The highest BCUT2D eigenvalue weighted by Gasteiger charge is 2.13. The lowest BCUT2D eigenvalue weighted by molar-refractivity contribution is -2.00. The second-order valence-corrected chi connectivity index (χ2v) is 9.14. The van der Waals surface area contributed by atoms with Gasteiger partial charge in [-0.1, -0.05) is 78.9 Å².